The summed E-state index contributed by atoms with van der Waals surface area (Å²) in [7, 11) is 0. The zero-order valence-electron chi connectivity index (χ0n) is 14.7. The summed E-state index contributed by atoms with van der Waals surface area (Å²) in [4.78, 5) is 33.6. The summed E-state index contributed by atoms with van der Waals surface area (Å²) in [6, 6.07) is 13.1. The van der Waals surface area contributed by atoms with Crippen molar-refractivity contribution >= 4 is 23.2 Å². The van der Waals surface area contributed by atoms with Crippen LogP contribution in [0, 0.1) is 0 Å². The van der Waals surface area contributed by atoms with E-state index in [2.05, 4.69) is 9.88 Å². The number of rotatable bonds is 3. The highest BCUT2D eigenvalue weighted by atomic mass is 35.5. The van der Waals surface area contributed by atoms with Gasteiger partial charge in [0.25, 0.3) is 11.5 Å². The minimum atomic E-state index is -0.327. The maximum Gasteiger partial charge on any atom is 0.270 e. The Labute approximate surface area is 161 Å². The molecule has 1 fully saturated rings. The number of benzene rings is 1. The molecule has 1 aromatic carbocycles. The summed E-state index contributed by atoms with van der Waals surface area (Å²) in [6.45, 7) is 3.45. The van der Waals surface area contributed by atoms with Crippen LogP contribution in [-0.2, 0) is 6.54 Å². The second-order valence-electron chi connectivity index (χ2n) is 6.60. The van der Waals surface area contributed by atoms with Crippen LogP contribution in [0.2, 0.25) is 5.02 Å². The van der Waals surface area contributed by atoms with Crippen molar-refractivity contribution in [3.8, 4) is 0 Å². The fourth-order valence-corrected chi connectivity index (χ4v) is 3.56. The van der Waals surface area contributed by atoms with E-state index in [-0.39, 0.29) is 17.0 Å². The lowest BCUT2D eigenvalue weighted by Crippen LogP contribution is -2.49. The van der Waals surface area contributed by atoms with Gasteiger partial charge in [-0.1, -0.05) is 29.8 Å². The summed E-state index contributed by atoms with van der Waals surface area (Å²) in [5.41, 5.74) is 1.47. The molecule has 6 nitrogen and oxygen atoms in total. The largest absolute Gasteiger partial charge is 0.336 e. The van der Waals surface area contributed by atoms with Gasteiger partial charge in [-0.25, -0.2) is 4.98 Å². The second kappa shape index (κ2) is 7.50. The minimum Gasteiger partial charge on any atom is -0.336 e. The van der Waals surface area contributed by atoms with Crippen molar-refractivity contribution in [1.29, 1.82) is 0 Å². The van der Waals surface area contributed by atoms with Crippen molar-refractivity contribution in [3.63, 3.8) is 0 Å². The Balaban J connectivity index is 1.44. The molecule has 0 N–H and O–H groups in total. The average Bonchev–Trinajstić information content (AvgIpc) is 2.69. The lowest BCUT2D eigenvalue weighted by Gasteiger charge is -2.34. The SMILES string of the molecule is O=C(c1cnc2ccccn2c1=O)N1CCN(Cc2cccc(Cl)c2)CC1. The van der Waals surface area contributed by atoms with E-state index >= 15 is 0 Å². The number of hydrogen-bond donors (Lipinski definition) is 0. The summed E-state index contributed by atoms with van der Waals surface area (Å²) < 4.78 is 1.41. The predicted octanol–water partition coefficient (Wildman–Crippen LogP) is 2.31. The maximum atomic E-state index is 12.8. The van der Waals surface area contributed by atoms with Gasteiger partial charge in [-0.2, -0.15) is 0 Å². The Kier molecular flexibility index (Phi) is 4.92. The third kappa shape index (κ3) is 3.72. The Hall–Kier alpha value is -2.70. The number of aromatic nitrogens is 2. The van der Waals surface area contributed by atoms with Gasteiger partial charge in [0.1, 0.15) is 11.2 Å². The molecule has 0 aliphatic carbocycles. The van der Waals surface area contributed by atoms with Crippen molar-refractivity contribution < 1.29 is 4.79 Å². The number of fused-ring (bicyclic) bond motifs is 1. The van der Waals surface area contributed by atoms with Gasteiger partial charge in [-0.15, -0.1) is 0 Å². The van der Waals surface area contributed by atoms with E-state index in [1.165, 1.54) is 10.6 Å². The Morgan fingerprint density at radius 1 is 1.07 bits per heavy atom. The standard InChI is InChI=1S/C20H19ClN4O2/c21-16-5-3-4-15(12-16)14-23-8-10-24(11-9-23)19(26)17-13-22-18-6-1-2-7-25(18)20(17)27/h1-7,12-13H,8-11,14H2. The molecule has 0 radical (unpaired) electrons. The van der Waals surface area contributed by atoms with Crippen LogP contribution in [0.4, 0.5) is 0 Å². The molecule has 3 heterocycles. The molecule has 3 aromatic rings. The van der Waals surface area contributed by atoms with Gasteiger partial charge >= 0.3 is 0 Å². The number of carbonyl (C=O) groups is 1. The molecule has 1 aliphatic rings. The monoisotopic (exact) mass is 382 g/mol. The van der Waals surface area contributed by atoms with E-state index in [0.29, 0.717) is 18.7 Å². The number of halogens is 1. The van der Waals surface area contributed by atoms with Crippen molar-refractivity contribution in [1.82, 2.24) is 19.2 Å². The third-order valence-corrected chi connectivity index (χ3v) is 5.03. The van der Waals surface area contributed by atoms with Crippen molar-refractivity contribution in [2.24, 2.45) is 0 Å². The molecule has 27 heavy (non-hydrogen) atoms. The zero-order valence-corrected chi connectivity index (χ0v) is 15.5. The van der Waals surface area contributed by atoms with Crippen molar-refractivity contribution in [2.45, 2.75) is 6.54 Å². The quantitative estimate of drug-likeness (QED) is 0.697. The van der Waals surface area contributed by atoms with Gasteiger partial charge in [-0.05, 0) is 29.8 Å². The molecule has 7 heteroatoms. The first kappa shape index (κ1) is 17.7. The third-order valence-electron chi connectivity index (χ3n) is 4.80. The molecule has 1 amide bonds. The fraction of sp³-hybridized carbons (Fsp3) is 0.250. The Morgan fingerprint density at radius 2 is 1.89 bits per heavy atom. The highest BCUT2D eigenvalue weighted by molar-refractivity contribution is 6.30. The Morgan fingerprint density at radius 3 is 2.67 bits per heavy atom. The van der Waals surface area contributed by atoms with E-state index in [1.54, 1.807) is 23.2 Å². The van der Waals surface area contributed by atoms with E-state index < -0.39 is 0 Å². The van der Waals surface area contributed by atoms with Crippen molar-refractivity contribution in [3.05, 3.63) is 81.4 Å². The highest BCUT2D eigenvalue weighted by Gasteiger charge is 2.24. The van der Waals surface area contributed by atoms with Crippen molar-refractivity contribution in [2.75, 3.05) is 26.2 Å². The van der Waals surface area contributed by atoms with Gasteiger partial charge in [0.15, 0.2) is 0 Å². The molecule has 4 rings (SSSR count). The molecule has 2 aromatic heterocycles. The van der Waals surface area contributed by atoms with Crippen LogP contribution in [0.15, 0.2) is 59.7 Å². The first-order valence-corrected chi connectivity index (χ1v) is 9.22. The number of piperazine rings is 1. The normalized spacial score (nSPS) is 15.2. The average molecular weight is 383 g/mol. The van der Waals surface area contributed by atoms with Crippen LogP contribution < -0.4 is 5.56 Å². The van der Waals surface area contributed by atoms with Gasteiger partial charge < -0.3 is 4.90 Å². The lowest BCUT2D eigenvalue weighted by molar-refractivity contribution is 0.0626. The lowest BCUT2D eigenvalue weighted by atomic mass is 10.2. The Bertz CT molecular complexity index is 1040. The molecular formula is C20H19ClN4O2. The molecule has 0 bridgehead atoms. The van der Waals surface area contributed by atoms with Crippen LogP contribution >= 0.6 is 11.6 Å². The highest BCUT2D eigenvalue weighted by Crippen LogP contribution is 2.14. The number of pyridine rings is 1. The van der Waals surface area contributed by atoms with E-state index in [1.807, 2.05) is 30.3 Å². The fourth-order valence-electron chi connectivity index (χ4n) is 3.35. The molecule has 1 saturated heterocycles. The van der Waals surface area contributed by atoms with Crippen LogP contribution in [0.25, 0.3) is 5.65 Å². The van der Waals surface area contributed by atoms with Gasteiger partial charge in [0.2, 0.25) is 0 Å². The summed E-state index contributed by atoms with van der Waals surface area (Å²) in [6.07, 6.45) is 3.02. The summed E-state index contributed by atoms with van der Waals surface area (Å²) >= 11 is 6.04. The second-order valence-corrected chi connectivity index (χ2v) is 7.04. The van der Waals surface area contributed by atoms with Crippen LogP contribution in [0.3, 0.4) is 0 Å². The van der Waals surface area contributed by atoms with Gasteiger partial charge in [0, 0.05) is 50.1 Å². The number of carbonyl (C=O) groups excluding carboxylic acids is 1. The molecule has 1 aliphatic heterocycles. The van der Waals surface area contributed by atoms with E-state index in [9.17, 15) is 9.59 Å². The van der Waals surface area contributed by atoms with Crippen LogP contribution in [0.5, 0.6) is 0 Å². The topological polar surface area (TPSA) is 57.9 Å². The summed E-state index contributed by atoms with van der Waals surface area (Å²) in [5, 5.41) is 0.727. The maximum absolute atomic E-state index is 12.8. The molecular weight excluding hydrogens is 364 g/mol. The van der Waals surface area contributed by atoms with Gasteiger partial charge in [0.05, 0.1) is 0 Å². The molecule has 0 saturated carbocycles. The van der Waals surface area contributed by atoms with E-state index in [4.69, 9.17) is 11.6 Å². The summed E-state index contributed by atoms with van der Waals surface area (Å²) in [5.74, 6) is -0.256. The minimum absolute atomic E-state index is 0.113. The first-order chi connectivity index (χ1) is 13.1. The van der Waals surface area contributed by atoms with Crippen LogP contribution in [-0.4, -0.2) is 51.3 Å². The van der Waals surface area contributed by atoms with Crippen LogP contribution in [0.1, 0.15) is 15.9 Å². The first-order valence-electron chi connectivity index (χ1n) is 8.84. The molecule has 0 unspecified atom stereocenters. The molecule has 0 atom stereocenters. The number of hydrogen-bond acceptors (Lipinski definition) is 4. The molecule has 138 valence electrons. The zero-order chi connectivity index (χ0) is 18.8. The molecule has 0 spiro atoms. The van der Waals surface area contributed by atoms with Gasteiger partial charge in [-0.3, -0.25) is 18.9 Å². The number of amides is 1. The number of nitrogens with zero attached hydrogens (tertiary/aromatic N) is 4. The van der Waals surface area contributed by atoms with E-state index in [0.717, 1.165) is 30.2 Å². The smallest absolute Gasteiger partial charge is 0.270 e. The predicted molar refractivity (Wildman–Crippen MR) is 104 cm³/mol.